The van der Waals surface area contributed by atoms with E-state index in [-0.39, 0.29) is 23.3 Å². The van der Waals surface area contributed by atoms with Gasteiger partial charge in [-0.3, -0.25) is 9.59 Å². The Bertz CT molecular complexity index is 824. The van der Waals surface area contributed by atoms with Crippen LogP contribution in [0, 0.1) is 0 Å². The van der Waals surface area contributed by atoms with Crippen LogP contribution in [0.15, 0.2) is 39.5 Å². The summed E-state index contributed by atoms with van der Waals surface area (Å²) in [5.41, 5.74) is 0.0902. The van der Waals surface area contributed by atoms with Crippen molar-refractivity contribution in [2.45, 2.75) is 18.6 Å². The van der Waals surface area contributed by atoms with E-state index in [1.807, 2.05) is 0 Å². The molecule has 2 bridgehead atoms. The number of nitrogens with zero attached hydrogens (tertiary/aromatic N) is 1. The van der Waals surface area contributed by atoms with Crippen molar-refractivity contribution in [1.29, 1.82) is 0 Å². The average molecular weight is 285 g/mol. The first-order valence-electron chi connectivity index (χ1n) is 6.68. The second kappa shape index (κ2) is 4.18. The Kier molecular flexibility index (Phi) is 2.42. The summed E-state index contributed by atoms with van der Waals surface area (Å²) in [6.07, 6.45) is 0.279. The van der Waals surface area contributed by atoms with Gasteiger partial charge in [0.2, 0.25) is 0 Å². The van der Waals surface area contributed by atoms with Crippen LogP contribution in [0.5, 0.6) is 0 Å². The van der Waals surface area contributed by atoms with Crippen LogP contribution in [0.4, 0.5) is 0 Å². The summed E-state index contributed by atoms with van der Waals surface area (Å²) < 4.78 is 10.6. The third kappa shape index (κ3) is 1.75. The predicted molar refractivity (Wildman–Crippen MR) is 71.8 cm³/mol. The van der Waals surface area contributed by atoms with Crippen LogP contribution in [-0.4, -0.2) is 35.5 Å². The maximum atomic E-state index is 12.5. The van der Waals surface area contributed by atoms with Crippen LogP contribution in [0.3, 0.4) is 0 Å². The lowest BCUT2D eigenvalue weighted by Crippen LogP contribution is -2.44. The second-order valence-electron chi connectivity index (χ2n) is 5.24. The summed E-state index contributed by atoms with van der Waals surface area (Å²) in [6, 6.07) is 7.37. The van der Waals surface area contributed by atoms with Gasteiger partial charge >= 0.3 is 5.97 Å². The van der Waals surface area contributed by atoms with Crippen molar-refractivity contribution >= 4 is 22.8 Å². The van der Waals surface area contributed by atoms with Crippen LogP contribution in [0.2, 0.25) is 0 Å². The lowest BCUT2D eigenvalue weighted by molar-refractivity contribution is -0.149. The quantitative estimate of drug-likeness (QED) is 0.729. The number of hydrogen-bond donors (Lipinski definition) is 0. The fraction of sp³-hybridized carbons (Fsp3) is 0.267. The summed E-state index contributed by atoms with van der Waals surface area (Å²) in [4.78, 5) is 37.5. The van der Waals surface area contributed by atoms with Gasteiger partial charge in [-0.15, -0.1) is 0 Å². The van der Waals surface area contributed by atoms with Crippen LogP contribution >= 0.6 is 0 Å². The minimum Gasteiger partial charge on any atom is -0.459 e. The molecule has 2 saturated heterocycles. The number of amides is 1. The minimum atomic E-state index is -0.556. The Morgan fingerprint density at radius 1 is 1.24 bits per heavy atom. The first kappa shape index (κ1) is 12.1. The van der Waals surface area contributed by atoms with Crippen LogP contribution in [0.25, 0.3) is 11.0 Å². The van der Waals surface area contributed by atoms with Gasteiger partial charge in [-0.1, -0.05) is 12.1 Å². The summed E-state index contributed by atoms with van der Waals surface area (Å²) >= 11 is 0. The highest BCUT2D eigenvalue weighted by molar-refractivity contribution is 5.97. The molecule has 2 atom stereocenters. The number of ether oxygens (including phenoxy) is 1. The van der Waals surface area contributed by atoms with Crippen LogP contribution < -0.4 is 5.43 Å². The molecule has 1 amide bonds. The van der Waals surface area contributed by atoms with Crippen molar-refractivity contribution in [2.24, 2.45) is 0 Å². The zero-order valence-corrected chi connectivity index (χ0v) is 10.9. The van der Waals surface area contributed by atoms with Gasteiger partial charge in [0.05, 0.1) is 11.9 Å². The Labute approximate surface area is 118 Å². The topological polar surface area (TPSA) is 76.8 Å². The molecule has 0 saturated carbocycles. The largest absolute Gasteiger partial charge is 0.459 e. The molecule has 3 heterocycles. The SMILES string of the molecule is O=C1O[C@H]2C[C@@H]1N(C(=O)c1cc(=O)c3ccccc3o1)C2. The predicted octanol–water partition coefficient (Wildman–Crippen LogP) is 0.933. The third-order valence-corrected chi connectivity index (χ3v) is 3.92. The normalized spacial score (nSPS) is 23.6. The standard InChI is InChI=1S/C15H11NO5/c17-11-6-13(21-12-4-2-1-3-9(11)12)14(18)16-7-8-5-10(16)15(19)20-8/h1-4,6,8,10H,5,7H2/t8-,10-/m0/s1. The molecule has 2 aliphatic rings. The summed E-state index contributed by atoms with van der Waals surface area (Å²) in [7, 11) is 0. The monoisotopic (exact) mass is 285 g/mol. The van der Waals surface area contributed by atoms with Crippen molar-refractivity contribution in [1.82, 2.24) is 4.90 Å². The first-order chi connectivity index (χ1) is 10.1. The fourth-order valence-corrected chi connectivity index (χ4v) is 2.92. The molecular weight excluding hydrogens is 274 g/mol. The van der Waals surface area contributed by atoms with E-state index < -0.39 is 11.9 Å². The number of carbonyl (C=O) groups is 2. The molecule has 2 fully saturated rings. The van der Waals surface area contributed by atoms with Gasteiger partial charge in [-0.2, -0.15) is 0 Å². The third-order valence-electron chi connectivity index (χ3n) is 3.92. The number of para-hydroxylation sites is 1. The number of benzene rings is 1. The first-order valence-corrected chi connectivity index (χ1v) is 6.68. The summed E-state index contributed by atoms with van der Waals surface area (Å²) in [5.74, 6) is -0.871. The van der Waals surface area contributed by atoms with E-state index in [0.29, 0.717) is 23.9 Å². The minimum absolute atomic E-state index is 0.0425. The molecule has 1 aromatic heterocycles. The average Bonchev–Trinajstić information content (AvgIpc) is 3.05. The van der Waals surface area contributed by atoms with E-state index in [2.05, 4.69) is 0 Å². The molecular formula is C15H11NO5. The van der Waals surface area contributed by atoms with Crippen LogP contribution in [-0.2, 0) is 9.53 Å². The molecule has 6 nitrogen and oxygen atoms in total. The number of esters is 1. The van der Waals surface area contributed by atoms with Gasteiger partial charge in [-0.25, -0.2) is 4.79 Å². The Morgan fingerprint density at radius 3 is 2.81 bits per heavy atom. The zero-order valence-electron chi connectivity index (χ0n) is 10.9. The van der Waals surface area contributed by atoms with Crippen molar-refractivity contribution in [2.75, 3.05) is 6.54 Å². The highest BCUT2D eigenvalue weighted by atomic mass is 16.6. The molecule has 2 aliphatic heterocycles. The molecule has 0 unspecified atom stereocenters. The Morgan fingerprint density at radius 2 is 2.05 bits per heavy atom. The number of carbonyl (C=O) groups excluding carboxylic acids is 2. The molecule has 4 rings (SSSR count). The maximum absolute atomic E-state index is 12.5. The number of hydrogen-bond acceptors (Lipinski definition) is 5. The van der Waals surface area contributed by atoms with Gasteiger partial charge in [0, 0.05) is 12.5 Å². The molecule has 1 aromatic carbocycles. The van der Waals surface area contributed by atoms with Gasteiger partial charge in [-0.05, 0) is 12.1 Å². The second-order valence-corrected chi connectivity index (χ2v) is 5.24. The molecule has 2 aromatic rings. The van der Waals surface area contributed by atoms with E-state index in [9.17, 15) is 14.4 Å². The smallest absolute Gasteiger partial charge is 0.329 e. The highest BCUT2D eigenvalue weighted by Gasteiger charge is 2.49. The van der Waals surface area contributed by atoms with E-state index in [0.717, 1.165) is 0 Å². The molecule has 6 heteroatoms. The van der Waals surface area contributed by atoms with Crippen LogP contribution in [0.1, 0.15) is 17.0 Å². The molecule has 0 spiro atoms. The van der Waals surface area contributed by atoms with E-state index >= 15 is 0 Å². The molecule has 0 N–H and O–H groups in total. The number of rotatable bonds is 1. The Balaban J connectivity index is 1.75. The number of morpholine rings is 1. The van der Waals surface area contributed by atoms with Gasteiger partial charge in [0.25, 0.3) is 5.91 Å². The van der Waals surface area contributed by atoms with Crippen molar-refractivity contribution in [3.05, 3.63) is 46.3 Å². The van der Waals surface area contributed by atoms with Crippen molar-refractivity contribution in [3.8, 4) is 0 Å². The summed E-state index contributed by atoms with van der Waals surface area (Å²) in [5, 5.41) is 0.427. The highest BCUT2D eigenvalue weighted by Crippen LogP contribution is 2.30. The number of likely N-dealkylation sites (tertiary alicyclic amines) is 1. The van der Waals surface area contributed by atoms with Gasteiger partial charge in [0.1, 0.15) is 17.7 Å². The molecule has 21 heavy (non-hydrogen) atoms. The fourth-order valence-electron chi connectivity index (χ4n) is 2.92. The molecule has 0 radical (unpaired) electrons. The summed E-state index contributed by atoms with van der Waals surface area (Å²) in [6.45, 7) is 0.353. The van der Waals surface area contributed by atoms with E-state index in [1.54, 1.807) is 24.3 Å². The molecule has 0 aliphatic carbocycles. The van der Waals surface area contributed by atoms with Crippen molar-refractivity contribution < 1.29 is 18.7 Å². The van der Waals surface area contributed by atoms with E-state index in [1.165, 1.54) is 11.0 Å². The van der Waals surface area contributed by atoms with E-state index in [4.69, 9.17) is 9.15 Å². The van der Waals surface area contributed by atoms with Gasteiger partial charge < -0.3 is 14.1 Å². The molecule has 106 valence electrons. The zero-order chi connectivity index (χ0) is 14.6. The maximum Gasteiger partial charge on any atom is 0.329 e. The lowest BCUT2D eigenvalue weighted by atomic mass is 10.2. The Hall–Kier alpha value is -2.63. The number of fused-ring (bicyclic) bond motifs is 3. The van der Waals surface area contributed by atoms with Crippen molar-refractivity contribution in [3.63, 3.8) is 0 Å². The van der Waals surface area contributed by atoms with Gasteiger partial charge in [0.15, 0.2) is 11.2 Å². The lowest BCUT2D eigenvalue weighted by Gasteiger charge is -2.25.